The summed E-state index contributed by atoms with van der Waals surface area (Å²) in [5.41, 5.74) is 0.768. The average molecular weight is 414 g/mol. The quantitative estimate of drug-likeness (QED) is 0.521. The van der Waals surface area contributed by atoms with Crippen molar-refractivity contribution in [2.45, 2.75) is 33.6 Å². The third kappa shape index (κ3) is 8.64. The van der Waals surface area contributed by atoms with E-state index in [0.29, 0.717) is 24.2 Å². The van der Waals surface area contributed by atoms with Crippen LogP contribution >= 0.6 is 0 Å². The predicted octanol–water partition coefficient (Wildman–Crippen LogP) is 4.84. The van der Waals surface area contributed by atoms with Crippen molar-refractivity contribution in [2.75, 3.05) is 13.2 Å². The smallest absolute Gasteiger partial charge is 0.308 e. The summed E-state index contributed by atoms with van der Waals surface area (Å²) in [7, 11) is 0. The van der Waals surface area contributed by atoms with Crippen LogP contribution in [0, 0.1) is 35.1 Å². The molecule has 0 fully saturated rings. The van der Waals surface area contributed by atoms with Gasteiger partial charge in [0.15, 0.2) is 0 Å². The van der Waals surface area contributed by atoms with Gasteiger partial charge in [0.05, 0.1) is 12.5 Å². The Kier molecular flexibility index (Phi) is 10.4. The van der Waals surface area contributed by atoms with Crippen LogP contribution in [0.1, 0.15) is 31.9 Å². The number of hydrogen-bond acceptors (Lipinski definition) is 3. The maximum atomic E-state index is 13.3. The third-order valence-electron chi connectivity index (χ3n) is 4.13. The number of benzene rings is 2. The number of hydrogen-bond donors (Lipinski definition) is 1. The normalized spacial score (nSPS) is 12.6. The first-order valence-corrected chi connectivity index (χ1v) is 9.33. The van der Waals surface area contributed by atoms with E-state index in [4.69, 9.17) is 9.84 Å². The topological polar surface area (TPSA) is 46.5 Å². The minimum Gasteiger partial charge on any atom is -0.466 e. The molecule has 2 unspecified atom stereocenters. The largest absolute Gasteiger partial charge is 0.466 e. The Morgan fingerprint density at radius 2 is 1.41 bits per heavy atom. The number of ether oxygens (including phenoxy) is 1. The second kappa shape index (κ2) is 12.2. The number of carbonyl (C=O) groups is 1. The van der Waals surface area contributed by atoms with Crippen molar-refractivity contribution in [1.29, 1.82) is 0 Å². The molecule has 0 aliphatic rings. The van der Waals surface area contributed by atoms with Crippen LogP contribution in [-0.2, 0) is 22.4 Å². The third-order valence-corrected chi connectivity index (χ3v) is 4.13. The van der Waals surface area contributed by atoms with Crippen LogP contribution in [0.2, 0.25) is 0 Å². The highest BCUT2D eigenvalue weighted by Crippen LogP contribution is 2.15. The van der Waals surface area contributed by atoms with Gasteiger partial charge in [-0.2, -0.15) is 0 Å². The molecule has 2 aromatic carbocycles. The molecular formula is C22H26F4O3. The molecule has 0 spiro atoms. The lowest BCUT2D eigenvalue weighted by atomic mass is 10.0. The van der Waals surface area contributed by atoms with Crippen molar-refractivity contribution < 1.29 is 32.2 Å². The first-order valence-electron chi connectivity index (χ1n) is 9.33. The van der Waals surface area contributed by atoms with Gasteiger partial charge in [-0.15, -0.1) is 0 Å². The molecule has 2 aromatic rings. The maximum Gasteiger partial charge on any atom is 0.308 e. The molecule has 0 bridgehead atoms. The summed E-state index contributed by atoms with van der Waals surface area (Å²) in [4.78, 5) is 11.3. The van der Waals surface area contributed by atoms with Gasteiger partial charge in [-0.3, -0.25) is 4.79 Å². The van der Waals surface area contributed by atoms with Crippen molar-refractivity contribution in [3.63, 3.8) is 0 Å². The van der Waals surface area contributed by atoms with Gasteiger partial charge in [-0.05, 0) is 48.9 Å². The Hall–Kier alpha value is -2.41. The summed E-state index contributed by atoms with van der Waals surface area (Å²) >= 11 is 0. The highest BCUT2D eigenvalue weighted by molar-refractivity contribution is 5.72. The van der Waals surface area contributed by atoms with E-state index < -0.39 is 29.2 Å². The number of aliphatic hydroxyl groups excluding tert-OH is 1. The second-order valence-electron chi connectivity index (χ2n) is 6.82. The Labute approximate surface area is 168 Å². The molecule has 2 rings (SSSR count). The second-order valence-corrected chi connectivity index (χ2v) is 6.82. The molecule has 0 aromatic heterocycles. The van der Waals surface area contributed by atoms with Gasteiger partial charge in [-0.1, -0.05) is 26.0 Å². The number of carbonyl (C=O) groups excluding carboxylic acids is 1. The van der Waals surface area contributed by atoms with Gasteiger partial charge in [0.25, 0.3) is 0 Å². The number of esters is 1. The first kappa shape index (κ1) is 24.6. The number of rotatable bonds is 7. The van der Waals surface area contributed by atoms with Crippen molar-refractivity contribution in [3.05, 3.63) is 70.8 Å². The van der Waals surface area contributed by atoms with Gasteiger partial charge >= 0.3 is 5.97 Å². The SMILES string of the molecule is CC(CO)Cc1ccc(F)cc1F.CCOC(=O)C(C)Cc1ccc(F)cc1F. The van der Waals surface area contributed by atoms with Gasteiger partial charge in [0, 0.05) is 18.7 Å². The van der Waals surface area contributed by atoms with E-state index in [2.05, 4.69) is 0 Å². The molecule has 160 valence electrons. The lowest BCUT2D eigenvalue weighted by molar-refractivity contribution is -0.147. The van der Waals surface area contributed by atoms with E-state index in [1.54, 1.807) is 13.8 Å². The minimum atomic E-state index is -0.629. The first-order chi connectivity index (χ1) is 13.7. The summed E-state index contributed by atoms with van der Waals surface area (Å²) in [5, 5.41) is 8.75. The Balaban J connectivity index is 0.000000296. The molecule has 0 aliphatic carbocycles. The van der Waals surface area contributed by atoms with E-state index in [-0.39, 0.29) is 24.9 Å². The molecule has 7 heteroatoms. The summed E-state index contributed by atoms with van der Waals surface area (Å²) in [6.07, 6.45) is 0.646. The highest BCUT2D eigenvalue weighted by atomic mass is 19.1. The molecule has 0 aliphatic heterocycles. The molecule has 1 N–H and O–H groups in total. The van der Waals surface area contributed by atoms with Gasteiger partial charge in [-0.25, -0.2) is 17.6 Å². The van der Waals surface area contributed by atoms with Crippen LogP contribution in [0.25, 0.3) is 0 Å². The maximum absolute atomic E-state index is 13.3. The zero-order valence-electron chi connectivity index (χ0n) is 16.7. The fraction of sp³-hybridized carbons (Fsp3) is 0.409. The predicted molar refractivity (Wildman–Crippen MR) is 102 cm³/mol. The van der Waals surface area contributed by atoms with E-state index in [1.165, 1.54) is 24.3 Å². The molecule has 0 amide bonds. The lowest BCUT2D eigenvalue weighted by Crippen LogP contribution is -2.17. The van der Waals surface area contributed by atoms with E-state index in [1.807, 2.05) is 6.92 Å². The zero-order chi connectivity index (χ0) is 22.0. The van der Waals surface area contributed by atoms with Gasteiger partial charge < -0.3 is 9.84 Å². The molecule has 0 saturated heterocycles. The van der Waals surface area contributed by atoms with Crippen LogP contribution < -0.4 is 0 Å². The summed E-state index contributed by atoms with van der Waals surface area (Å²) in [6.45, 7) is 5.48. The van der Waals surface area contributed by atoms with E-state index in [0.717, 1.165) is 12.1 Å². The van der Waals surface area contributed by atoms with Crippen molar-refractivity contribution >= 4 is 5.97 Å². The van der Waals surface area contributed by atoms with Gasteiger partial charge in [0.1, 0.15) is 23.3 Å². The Morgan fingerprint density at radius 3 is 1.83 bits per heavy atom. The number of aliphatic hydroxyl groups is 1. The van der Waals surface area contributed by atoms with Crippen LogP contribution in [0.15, 0.2) is 36.4 Å². The minimum absolute atomic E-state index is 0.0000359. The van der Waals surface area contributed by atoms with Crippen LogP contribution in [0.3, 0.4) is 0 Å². The molecule has 2 atom stereocenters. The van der Waals surface area contributed by atoms with Crippen LogP contribution in [-0.4, -0.2) is 24.3 Å². The van der Waals surface area contributed by atoms with Gasteiger partial charge in [0.2, 0.25) is 0 Å². The number of halogens is 4. The van der Waals surface area contributed by atoms with Crippen molar-refractivity contribution in [3.8, 4) is 0 Å². The summed E-state index contributed by atoms with van der Waals surface area (Å²) < 4.78 is 56.2. The molecule has 0 heterocycles. The monoisotopic (exact) mass is 414 g/mol. The molecule has 29 heavy (non-hydrogen) atoms. The summed E-state index contributed by atoms with van der Waals surface area (Å²) in [5.74, 6) is -3.16. The Morgan fingerprint density at radius 1 is 0.931 bits per heavy atom. The molecule has 3 nitrogen and oxygen atoms in total. The van der Waals surface area contributed by atoms with Crippen LogP contribution in [0.4, 0.5) is 17.6 Å². The zero-order valence-corrected chi connectivity index (χ0v) is 16.7. The fourth-order valence-corrected chi connectivity index (χ4v) is 2.51. The van der Waals surface area contributed by atoms with E-state index >= 15 is 0 Å². The standard InChI is InChI=1S/C12H14F2O2.C10H12F2O/c1-3-16-12(15)8(2)6-9-4-5-10(13)7-11(9)14;1-7(6-13)4-8-2-3-9(11)5-10(8)12/h4-5,7-8H,3,6H2,1-2H3;2-3,5,7,13H,4,6H2,1H3. The molecule has 0 saturated carbocycles. The highest BCUT2D eigenvalue weighted by Gasteiger charge is 2.16. The lowest BCUT2D eigenvalue weighted by Gasteiger charge is -2.10. The molecular weight excluding hydrogens is 388 g/mol. The average Bonchev–Trinajstić information content (AvgIpc) is 2.66. The molecule has 0 radical (unpaired) electrons. The fourth-order valence-electron chi connectivity index (χ4n) is 2.51. The summed E-state index contributed by atoms with van der Waals surface area (Å²) in [6, 6.07) is 6.84. The Bertz CT molecular complexity index is 796. The van der Waals surface area contributed by atoms with Crippen molar-refractivity contribution in [2.24, 2.45) is 11.8 Å². The van der Waals surface area contributed by atoms with Crippen molar-refractivity contribution in [1.82, 2.24) is 0 Å². The van der Waals surface area contributed by atoms with E-state index in [9.17, 15) is 22.4 Å². The van der Waals surface area contributed by atoms with Crippen LogP contribution in [0.5, 0.6) is 0 Å².